The number of carbonyl (C=O) groups is 1. The summed E-state index contributed by atoms with van der Waals surface area (Å²) in [7, 11) is 0. The van der Waals surface area contributed by atoms with Crippen LogP contribution in [0.25, 0.3) is 0 Å². The van der Waals surface area contributed by atoms with Gasteiger partial charge >= 0.3 is 5.97 Å². The summed E-state index contributed by atoms with van der Waals surface area (Å²) >= 11 is 0. The molecular formula is C21H28N4O2. The lowest BCUT2D eigenvalue weighted by atomic mass is 9.97. The van der Waals surface area contributed by atoms with Crippen LogP contribution in [-0.4, -0.2) is 34.1 Å². The molecule has 3 rings (SSSR count). The minimum Gasteiger partial charge on any atom is -0.481 e. The van der Waals surface area contributed by atoms with Crippen LogP contribution in [0, 0.1) is 12.8 Å². The van der Waals surface area contributed by atoms with Gasteiger partial charge in [0.1, 0.15) is 17.5 Å². The monoisotopic (exact) mass is 368 g/mol. The molecule has 1 aliphatic rings. The summed E-state index contributed by atoms with van der Waals surface area (Å²) in [6.07, 6.45) is 3.21. The van der Waals surface area contributed by atoms with E-state index >= 15 is 0 Å². The maximum absolute atomic E-state index is 11.2. The van der Waals surface area contributed by atoms with Crippen molar-refractivity contribution >= 4 is 23.3 Å². The molecule has 0 atom stereocenters. The molecule has 0 radical (unpaired) electrons. The summed E-state index contributed by atoms with van der Waals surface area (Å²) in [5.41, 5.74) is 3.68. The first-order valence-electron chi connectivity index (χ1n) is 9.73. The number of para-hydroxylation sites is 1. The Labute approximate surface area is 160 Å². The van der Waals surface area contributed by atoms with Crippen molar-refractivity contribution in [3.8, 4) is 0 Å². The first kappa shape index (κ1) is 19.1. The van der Waals surface area contributed by atoms with Crippen LogP contribution < -0.4 is 10.2 Å². The zero-order valence-corrected chi connectivity index (χ0v) is 16.3. The van der Waals surface area contributed by atoms with Gasteiger partial charge in [0, 0.05) is 24.8 Å². The van der Waals surface area contributed by atoms with E-state index in [-0.39, 0.29) is 5.92 Å². The summed E-state index contributed by atoms with van der Waals surface area (Å²) in [6, 6.07) is 8.37. The number of hydrogen-bond acceptors (Lipinski definition) is 5. The molecule has 1 saturated heterocycles. The standard InChI is InChI=1S/C21H28N4O2/c1-4-15-7-6-8-16(5-2)20(15)24-18-13-19(23-14(3)22-18)25-11-9-17(10-12-25)21(26)27/h6-8,13,17H,4-5,9-12H2,1-3H3,(H,26,27)(H,22,23,24). The fraction of sp³-hybridized carbons (Fsp3) is 0.476. The molecule has 0 spiro atoms. The third kappa shape index (κ3) is 4.38. The second-order valence-electron chi connectivity index (χ2n) is 7.04. The van der Waals surface area contributed by atoms with Crippen molar-refractivity contribution in [2.45, 2.75) is 46.5 Å². The van der Waals surface area contributed by atoms with Gasteiger partial charge in [0.15, 0.2) is 0 Å². The number of carboxylic acid groups (broad SMARTS) is 1. The highest BCUT2D eigenvalue weighted by Crippen LogP contribution is 2.28. The number of hydrogen-bond donors (Lipinski definition) is 2. The van der Waals surface area contributed by atoms with E-state index in [4.69, 9.17) is 0 Å². The average molecular weight is 368 g/mol. The smallest absolute Gasteiger partial charge is 0.306 e. The Morgan fingerprint density at radius 1 is 1.19 bits per heavy atom. The highest BCUT2D eigenvalue weighted by molar-refractivity contribution is 5.70. The predicted molar refractivity (Wildman–Crippen MR) is 108 cm³/mol. The number of nitrogens with one attached hydrogen (secondary N) is 1. The zero-order valence-electron chi connectivity index (χ0n) is 16.3. The molecule has 144 valence electrons. The van der Waals surface area contributed by atoms with Crippen LogP contribution in [-0.2, 0) is 17.6 Å². The predicted octanol–water partition coefficient (Wildman–Crippen LogP) is 3.95. The van der Waals surface area contributed by atoms with Gasteiger partial charge in [-0.25, -0.2) is 9.97 Å². The van der Waals surface area contributed by atoms with Gasteiger partial charge in [-0.1, -0.05) is 32.0 Å². The van der Waals surface area contributed by atoms with Crippen LogP contribution in [0.1, 0.15) is 43.6 Å². The molecule has 0 bridgehead atoms. The molecule has 0 aliphatic carbocycles. The van der Waals surface area contributed by atoms with Crippen LogP contribution in [0.3, 0.4) is 0 Å². The molecule has 6 heteroatoms. The largest absolute Gasteiger partial charge is 0.481 e. The number of aryl methyl sites for hydroxylation is 3. The van der Waals surface area contributed by atoms with E-state index in [1.54, 1.807) is 0 Å². The number of anilines is 3. The molecule has 0 amide bonds. The molecular weight excluding hydrogens is 340 g/mol. The Morgan fingerprint density at radius 2 is 1.81 bits per heavy atom. The minimum absolute atomic E-state index is 0.245. The van der Waals surface area contributed by atoms with Crippen molar-refractivity contribution in [2.24, 2.45) is 5.92 Å². The number of aromatic nitrogens is 2. The minimum atomic E-state index is -0.695. The van der Waals surface area contributed by atoms with Gasteiger partial charge in [0.05, 0.1) is 5.92 Å². The van der Waals surface area contributed by atoms with E-state index in [0.717, 1.165) is 30.2 Å². The summed E-state index contributed by atoms with van der Waals surface area (Å²) in [5, 5.41) is 12.7. The molecule has 1 aliphatic heterocycles. The molecule has 1 aromatic carbocycles. The number of benzene rings is 1. The third-order valence-corrected chi connectivity index (χ3v) is 5.24. The van der Waals surface area contributed by atoms with Crippen LogP contribution in [0.15, 0.2) is 24.3 Å². The van der Waals surface area contributed by atoms with Crippen LogP contribution >= 0.6 is 0 Å². The first-order valence-corrected chi connectivity index (χ1v) is 9.73. The number of aliphatic carboxylic acids is 1. The molecule has 0 unspecified atom stereocenters. The van der Waals surface area contributed by atoms with E-state index in [1.165, 1.54) is 11.1 Å². The van der Waals surface area contributed by atoms with Crippen molar-refractivity contribution in [1.29, 1.82) is 0 Å². The summed E-state index contributed by atoms with van der Waals surface area (Å²) in [4.78, 5) is 22.5. The maximum Gasteiger partial charge on any atom is 0.306 e. The zero-order chi connectivity index (χ0) is 19.4. The number of rotatable bonds is 6. The van der Waals surface area contributed by atoms with E-state index in [9.17, 15) is 9.90 Å². The normalized spacial score (nSPS) is 15.0. The highest BCUT2D eigenvalue weighted by atomic mass is 16.4. The second-order valence-corrected chi connectivity index (χ2v) is 7.04. The Kier molecular flexibility index (Phi) is 5.94. The quantitative estimate of drug-likeness (QED) is 0.804. The van der Waals surface area contributed by atoms with E-state index < -0.39 is 5.97 Å². The summed E-state index contributed by atoms with van der Waals surface area (Å²) in [6.45, 7) is 7.62. The van der Waals surface area contributed by atoms with Crippen LogP contribution in [0.4, 0.5) is 17.3 Å². The summed E-state index contributed by atoms with van der Waals surface area (Å²) < 4.78 is 0. The highest BCUT2D eigenvalue weighted by Gasteiger charge is 2.25. The molecule has 1 fully saturated rings. The van der Waals surface area contributed by atoms with E-state index in [2.05, 4.69) is 52.2 Å². The lowest BCUT2D eigenvalue weighted by Gasteiger charge is -2.31. The Morgan fingerprint density at radius 3 is 2.37 bits per heavy atom. The fourth-order valence-corrected chi connectivity index (χ4v) is 3.66. The van der Waals surface area contributed by atoms with Crippen LogP contribution in [0.5, 0.6) is 0 Å². The SMILES string of the molecule is CCc1cccc(CC)c1Nc1cc(N2CCC(C(=O)O)CC2)nc(C)n1. The van der Waals surface area contributed by atoms with Crippen LogP contribution in [0.2, 0.25) is 0 Å². The molecule has 2 aromatic rings. The van der Waals surface area contributed by atoms with E-state index in [0.29, 0.717) is 31.8 Å². The second kappa shape index (κ2) is 8.37. The van der Waals surface area contributed by atoms with Gasteiger partial charge in [-0.3, -0.25) is 4.79 Å². The number of piperidine rings is 1. The Balaban J connectivity index is 1.84. The van der Waals surface area contributed by atoms with Crippen molar-refractivity contribution in [1.82, 2.24) is 9.97 Å². The van der Waals surface area contributed by atoms with Gasteiger partial charge in [-0.05, 0) is 43.7 Å². The molecule has 6 nitrogen and oxygen atoms in total. The lowest BCUT2D eigenvalue weighted by Crippen LogP contribution is -2.36. The number of carboxylic acids is 1. The molecule has 27 heavy (non-hydrogen) atoms. The third-order valence-electron chi connectivity index (χ3n) is 5.24. The Hall–Kier alpha value is -2.63. The average Bonchev–Trinajstić information content (AvgIpc) is 2.67. The van der Waals surface area contributed by atoms with Gasteiger partial charge in [-0.2, -0.15) is 0 Å². The maximum atomic E-state index is 11.2. The fourth-order valence-electron chi connectivity index (χ4n) is 3.66. The molecule has 1 aromatic heterocycles. The topological polar surface area (TPSA) is 78.4 Å². The number of nitrogens with zero attached hydrogens (tertiary/aromatic N) is 3. The van der Waals surface area contributed by atoms with Crippen molar-refractivity contribution in [3.05, 3.63) is 41.2 Å². The molecule has 2 N–H and O–H groups in total. The summed E-state index contributed by atoms with van der Waals surface area (Å²) in [5.74, 6) is 1.42. The Bertz CT molecular complexity index is 792. The molecule has 0 saturated carbocycles. The van der Waals surface area contributed by atoms with Gasteiger partial charge in [0.2, 0.25) is 0 Å². The van der Waals surface area contributed by atoms with Gasteiger partial charge in [0.25, 0.3) is 0 Å². The van der Waals surface area contributed by atoms with E-state index in [1.807, 2.05) is 13.0 Å². The lowest BCUT2D eigenvalue weighted by molar-refractivity contribution is -0.142. The van der Waals surface area contributed by atoms with Crippen molar-refractivity contribution < 1.29 is 9.90 Å². The van der Waals surface area contributed by atoms with Crippen molar-refractivity contribution in [2.75, 3.05) is 23.3 Å². The van der Waals surface area contributed by atoms with Crippen molar-refractivity contribution in [3.63, 3.8) is 0 Å². The first-order chi connectivity index (χ1) is 13.0. The van der Waals surface area contributed by atoms with Gasteiger partial charge in [-0.15, -0.1) is 0 Å². The van der Waals surface area contributed by atoms with Gasteiger partial charge < -0.3 is 15.3 Å². The molecule has 2 heterocycles.